The molecule has 33 heavy (non-hydrogen) atoms. The van der Waals surface area contributed by atoms with Gasteiger partial charge in [-0.15, -0.1) is 12.4 Å². The van der Waals surface area contributed by atoms with Crippen LogP contribution >= 0.6 is 12.4 Å². The second-order valence-electron chi connectivity index (χ2n) is 7.17. The fraction of sp³-hybridized carbons (Fsp3) is 0.0833. The van der Waals surface area contributed by atoms with Gasteiger partial charge in [-0.05, 0) is 48.4 Å². The van der Waals surface area contributed by atoms with E-state index in [9.17, 15) is 9.59 Å². The summed E-state index contributed by atoms with van der Waals surface area (Å²) in [7, 11) is 0. The van der Waals surface area contributed by atoms with Gasteiger partial charge in [-0.3, -0.25) is 9.59 Å². The Morgan fingerprint density at radius 2 is 1.58 bits per heavy atom. The van der Waals surface area contributed by atoms with Crippen LogP contribution in [0.25, 0.3) is 22.8 Å². The molecule has 168 valence electrons. The highest BCUT2D eigenvalue weighted by molar-refractivity contribution is 6.04. The Labute approximate surface area is 195 Å². The van der Waals surface area contributed by atoms with E-state index in [0.29, 0.717) is 28.5 Å². The van der Waals surface area contributed by atoms with Crippen molar-refractivity contribution in [2.75, 3.05) is 5.32 Å². The van der Waals surface area contributed by atoms with Crippen LogP contribution in [0.5, 0.6) is 0 Å². The van der Waals surface area contributed by atoms with Crippen LogP contribution in [0.2, 0.25) is 0 Å². The summed E-state index contributed by atoms with van der Waals surface area (Å²) >= 11 is 0. The predicted molar refractivity (Wildman–Crippen MR) is 126 cm³/mol. The molecule has 0 fully saturated rings. The molecule has 1 amide bonds. The van der Waals surface area contributed by atoms with Crippen LogP contribution < -0.4 is 11.1 Å². The zero-order valence-corrected chi connectivity index (χ0v) is 18.2. The highest BCUT2D eigenvalue weighted by Gasteiger charge is 2.14. The molecular weight excluding hydrogens is 444 g/mol. The number of aliphatic carboxylic acids is 1. The average Bonchev–Trinajstić information content (AvgIpc) is 3.31. The number of benzene rings is 3. The second-order valence-corrected chi connectivity index (χ2v) is 7.17. The van der Waals surface area contributed by atoms with Gasteiger partial charge in [-0.25, -0.2) is 0 Å². The molecular formula is C24H21ClN4O4. The molecule has 1 heterocycles. The quantitative estimate of drug-likeness (QED) is 0.376. The summed E-state index contributed by atoms with van der Waals surface area (Å²) in [5, 5.41) is 15.8. The summed E-state index contributed by atoms with van der Waals surface area (Å²) in [5.41, 5.74) is 9.05. The van der Waals surface area contributed by atoms with Gasteiger partial charge in [0.2, 0.25) is 5.82 Å². The maximum Gasteiger partial charge on any atom is 0.320 e. The summed E-state index contributed by atoms with van der Waals surface area (Å²) in [6.07, 6.45) is 0.236. The number of carbonyl (C=O) groups excluding carboxylic acids is 1. The maximum absolute atomic E-state index is 12.3. The number of halogens is 1. The molecule has 3 aromatic carbocycles. The first kappa shape index (κ1) is 23.6. The molecule has 4 N–H and O–H groups in total. The number of nitrogens with zero attached hydrogens (tertiary/aromatic N) is 2. The number of anilines is 1. The highest BCUT2D eigenvalue weighted by atomic mass is 35.5. The largest absolute Gasteiger partial charge is 0.480 e. The molecule has 8 nitrogen and oxygen atoms in total. The Balaban J connectivity index is 0.00000306. The lowest BCUT2D eigenvalue weighted by atomic mass is 10.0. The van der Waals surface area contributed by atoms with Crippen LogP contribution in [0.1, 0.15) is 15.9 Å². The number of nitrogens with two attached hydrogens (primary N) is 1. The first-order chi connectivity index (χ1) is 15.5. The van der Waals surface area contributed by atoms with E-state index in [4.69, 9.17) is 15.4 Å². The smallest absolute Gasteiger partial charge is 0.320 e. The lowest BCUT2D eigenvalue weighted by molar-refractivity contribution is -0.138. The minimum atomic E-state index is -1.04. The van der Waals surface area contributed by atoms with E-state index in [0.717, 1.165) is 11.1 Å². The number of amides is 1. The molecule has 0 bridgehead atoms. The van der Waals surface area contributed by atoms with Crippen molar-refractivity contribution >= 4 is 30.0 Å². The Morgan fingerprint density at radius 3 is 2.21 bits per heavy atom. The lowest BCUT2D eigenvalue weighted by Gasteiger charge is -2.06. The monoisotopic (exact) mass is 464 g/mol. The Bertz CT molecular complexity index is 1230. The molecule has 0 unspecified atom stereocenters. The molecule has 0 aliphatic heterocycles. The van der Waals surface area contributed by atoms with Crippen molar-refractivity contribution in [2.24, 2.45) is 5.73 Å². The normalized spacial score (nSPS) is 11.3. The van der Waals surface area contributed by atoms with Crippen molar-refractivity contribution in [3.8, 4) is 22.8 Å². The Morgan fingerprint density at radius 1 is 0.939 bits per heavy atom. The maximum atomic E-state index is 12.3. The molecule has 1 aromatic heterocycles. The molecule has 9 heteroatoms. The van der Waals surface area contributed by atoms with Gasteiger partial charge >= 0.3 is 5.97 Å². The van der Waals surface area contributed by atoms with Crippen LogP contribution in [0.15, 0.2) is 83.4 Å². The van der Waals surface area contributed by atoms with E-state index < -0.39 is 12.0 Å². The summed E-state index contributed by atoms with van der Waals surface area (Å²) in [4.78, 5) is 27.6. The van der Waals surface area contributed by atoms with Crippen molar-refractivity contribution in [2.45, 2.75) is 12.5 Å². The topological polar surface area (TPSA) is 131 Å². The van der Waals surface area contributed by atoms with Gasteiger partial charge in [0.05, 0.1) is 0 Å². The van der Waals surface area contributed by atoms with Gasteiger partial charge in [0.15, 0.2) is 0 Å². The highest BCUT2D eigenvalue weighted by Crippen LogP contribution is 2.24. The molecule has 4 aromatic rings. The van der Waals surface area contributed by atoms with E-state index >= 15 is 0 Å². The molecule has 0 saturated heterocycles. The predicted octanol–water partition coefficient (Wildman–Crippen LogP) is 4.03. The van der Waals surface area contributed by atoms with Gasteiger partial charge < -0.3 is 20.7 Å². The third-order valence-electron chi connectivity index (χ3n) is 4.84. The van der Waals surface area contributed by atoms with Crippen LogP contribution in [0, 0.1) is 0 Å². The van der Waals surface area contributed by atoms with Crippen LogP contribution in [-0.2, 0) is 11.2 Å². The number of rotatable bonds is 7. The molecule has 0 aliphatic carbocycles. The van der Waals surface area contributed by atoms with Crippen LogP contribution in [-0.4, -0.2) is 33.2 Å². The van der Waals surface area contributed by atoms with Gasteiger partial charge in [0.25, 0.3) is 11.8 Å². The third kappa shape index (κ3) is 5.82. The van der Waals surface area contributed by atoms with E-state index in [2.05, 4.69) is 15.5 Å². The van der Waals surface area contributed by atoms with Gasteiger partial charge in [-0.1, -0.05) is 47.6 Å². The number of nitrogens with one attached hydrogen (secondary N) is 1. The van der Waals surface area contributed by atoms with Crippen LogP contribution in [0.3, 0.4) is 0 Å². The summed E-state index contributed by atoms with van der Waals surface area (Å²) in [6, 6.07) is 22.3. The van der Waals surface area contributed by atoms with Gasteiger partial charge in [-0.2, -0.15) is 4.98 Å². The summed E-state index contributed by atoms with van der Waals surface area (Å²) < 4.78 is 5.38. The van der Waals surface area contributed by atoms with Crippen molar-refractivity contribution < 1.29 is 19.2 Å². The van der Waals surface area contributed by atoms with Crippen molar-refractivity contribution in [3.63, 3.8) is 0 Å². The zero-order chi connectivity index (χ0) is 22.5. The number of aromatic nitrogens is 2. The van der Waals surface area contributed by atoms with Crippen molar-refractivity contribution in [1.29, 1.82) is 0 Å². The number of carboxylic acid groups (broad SMARTS) is 1. The SMILES string of the molecule is Cl.N[C@@H](Cc1ccc(-c2noc(-c3ccc(NC(=O)c4ccccc4)cc3)n2)cc1)C(=O)O. The lowest BCUT2D eigenvalue weighted by Crippen LogP contribution is -2.32. The van der Waals surface area contributed by atoms with E-state index in [1.807, 2.05) is 18.2 Å². The first-order valence-electron chi connectivity index (χ1n) is 9.88. The number of hydrogen-bond acceptors (Lipinski definition) is 6. The zero-order valence-electron chi connectivity index (χ0n) is 17.3. The van der Waals surface area contributed by atoms with Gasteiger partial charge in [0.1, 0.15) is 6.04 Å². The third-order valence-corrected chi connectivity index (χ3v) is 4.84. The van der Waals surface area contributed by atoms with Crippen molar-refractivity contribution in [3.05, 3.63) is 90.0 Å². The second kappa shape index (κ2) is 10.5. The van der Waals surface area contributed by atoms with Crippen molar-refractivity contribution in [1.82, 2.24) is 10.1 Å². The number of carboxylic acids is 1. The Hall–Kier alpha value is -4.01. The van der Waals surface area contributed by atoms with E-state index in [1.165, 1.54) is 0 Å². The molecule has 0 spiro atoms. The molecule has 4 rings (SSSR count). The van der Waals surface area contributed by atoms with E-state index in [1.54, 1.807) is 60.7 Å². The van der Waals surface area contributed by atoms with Crippen LogP contribution in [0.4, 0.5) is 5.69 Å². The fourth-order valence-corrected chi connectivity index (χ4v) is 3.08. The van der Waals surface area contributed by atoms with Gasteiger partial charge in [0, 0.05) is 22.4 Å². The molecule has 0 radical (unpaired) electrons. The molecule has 0 saturated carbocycles. The summed E-state index contributed by atoms with van der Waals surface area (Å²) in [5.74, 6) is -0.470. The number of hydrogen-bond donors (Lipinski definition) is 3. The summed E-state index contributed by atoms with van der Waals surface area (Å²) in [6.45, 7) is 0. The Kier molecular flexibility index (Phi) is 7.55. The van der Waals surface area contributed by atoms with E-state index in [-0.39, 0.29) is 24.7 Å². The number of carbonyl (C=O) groups is 2. The standard InChI is InChI=1S/C24H20N4O4.ClH/c25-20(24(30)31)14-15-6-8-16(9-7-15)21-27-23(32-28-21)18-10-12-19(13-11-18)26-22(29)17-4-2-1-3-5-17;/h1-13,20H,14,25H2,(H,26,29)(H,30,31);1H/t20-;/m0./s1. The fourth-order valence-electron chi connectivity index (χ4n) is 3.08. The minimum absolute atomic E-state index is 0. The molecule has 1 atom stereocenters. The molecule has 0 aliphatic rings. The average molecular weight is 465 g/mol. The first-order valence-corrected chi connectivity index (χ1v) is 9.88. The minimum Gasteiger partial charge on any atom is -0.480 e.